The second-order valence-electron chi connectivity index (χ2n) is 5.87. The number of amides is 1. The monoisotopic (exact) mass is 406 g/mol. The molecule has 1 N–H and O–H groups in total. The Hall–Kier alpha value is -0.860. The summed E-state index contributed by atoms with van der Waals surface area (Å²) in [6.07, 6.45) is 1.87. The van der Waals surface area contributed by atoms with Gasteiger partial charge in [-0.05, 0) is 49.0 Å². The number of hydrogen-bond donors (Lipinski definition) is 1. The van der Waals surface area contributed by atoms with E-state index in [0.29, 0.717) is 53.9 Å². The minimum atomic E-state index is -3.15. The highest BCUT2D eigenvalue weighted by molar-refractivity contribution is 9.10. The molecule has 0 aliphatic carbocycles. The van der Waals surface area contributed by atoms with E-state index >= 15 is 0 Å². The van der Waals surface area contributed by atoms with Crippen LogP contribution in [0.15, 0.2) is 8.89 Å². The first-order chi connectivity index (χ1) is 10.8. The Bertz CT molecular complexity index is 676. The molecule has 0 radical (unpaired) electrons. The normalized spacial score (nSPS) is 17.4. The average molecular weight is 407 g/mol. The van der Waals surface area contributed by atoms with Gasteiger partial charge < -0.3 is 9.73 Å². The standard InChI is InChI=1S/C15H23BrN2O4S/c1-4-9-23(20,21)18-7-5-12(6-8-18)17-15(19)13-10(2)22-11(3)14(13)16/h12H,4-9H2,1-3H3,(H,17,19). The molecule has 8 heteroatoms. The van der Waals surface area contributed by atoms with Gasteiger partial charge in [-0.25, -0.2) is 12.7 Å². The quantitative estimate of drug-likeness (QED) is 0.814. The van der Waals surface area contributed by atoms with Crippen LogP contribution in [0.1, 0.15) is 48.1 Å². The predicted octanol–water partition coefficient (Wildman–Crippen LogP) is 2.59. The first-order valence-electron chi connectivity index (χ1n) is 7.80. The molecule has 6 nitrogen and oxygen atoms in total. The molecule has 1 aromatic rings. The number of hydrogen-bond acceptors (Lipinski definition) is 4. The van der Waals surface area contributed by atoms with Crippen molar-refractivity contribution in [2.75, 3.05) is 18.8 Å². The third-order valence-electron chi connectivity index (χ3n) is 4.06. The molecule has 0 atom stereocenters. The summed E-state index contributed by atoms with van der Waals surface area (Å²) in [5, 5.41) is 2.98. The van der Waals surface area contributed by atoms with Gasteiger partial charge >= 0.3 is 0 Å². The fourth-order valence-corrected chi connectivity index (χ4v) is 4.92. The number of carbonyl (C=O) groups excluding carboxylic acids is 1. The highest BCUT2D eigenvalue weighted by Gasteiger charge is 2.29. The molecule has 2 heterocycles. The molecule has 0 unspecified atom stereocenters. The molecule has 0 bridgehead atoms. The molecule has 1 aromatic heterocycles. The third kappa shape index (κ3) is 4.16. The highest BCUT2D eigenvalue weighted by Crippen LogP contribution is 2.27. The second-order valence-corrected chi connectivity index (χ2v) is 8.75. The molecule has 1 fully saturated rings. The number of furan rings is 1. The number of aryl methyl sites for hydroxylation is 2. The summed E-state index contributed by atoms with van der Waals surface area (Å²) >= 11 is 3.38. The molecule has 1 amide bonds. The summed E-state index contributed by atoms with van der Waals surface area (Å²) in [5.74, 6) is 1.26. The van der Waals surface area contributed by atoms with E-state index in [1.54, 1.807) is 13.8 Å². The Kier molecular flexibility index (Phi) is 5.91. The van der Waals surface area contributed by atoms with Crippen LogP contribution in [0, 0.1) is 13.8 Å². The van der Waals surface area contributed by atoms with E-state index < -0.39 is 10.0 Å². The van der Waals surface area contributed by atoms with Gasteiger partial charge in [-0.1, -0.05) is 6.92 Å². The minimum absolute atomic E-state index is 0.0166. The zero-order valence-corrected chi connectivity index (χ0v) is 16.1. The van der Waals surface area contributed by atoms with Gasteiger partial charge in [0, 0.05) is 19.1 Å². The molecule has 23 heavy (non-hydrogen) atoms. The Morgan fingerprint density at radius 2 is 1.91 bits per heavy atom. The lowest BCUT2D eigenvalue weighted by Gasteiger charge is -2.31. The Balaban J connectivity index is 1.95. The maximum atomic E-state index is 12.4. The largest absolute Gasteiger partial charge is 0.465 e. The number of piperidine rings is 1. The van der Waals surface area contributed by atoms with Crippen LogP contribution >= 0.6 is 15.9 Å². The summed E-state index contributed by atoms with van der Waals surface area (Å²) in [4.78, 5) is 12.4. The number of rotatable bonds is 5. The number of sulfonamides is 1. The minimum Gasteiger partial charge on any atom is -0.465 e. The summed E-state index contributed by atoms with van der Waals surface area (Å²) < 4.78 is 31.8. The van der Waals surface area contributed by atoms with Gasteiger partial charge in [0.1, 0.15) is 11.5 Å². The van der Waals surface area contributed by atoms with E-state index in [1.165, 1.54) is 4.31 Å². The predicted molar refractivity (Wildman–Crippen MR) is 92.0 cm³/mol. The number of nitrogens with one attached hydrogen (secondary N) is 1. The zero-order chi connectivity index (χ0) is 17.2. The highest BCUT2D eigenvalue weighted by atomic mass is 79.9. The topological polar surface area (TPSA) is 79.6 Å². The molecule has 0 saturated carbocycles. The SMILES string of the molecule is CCCS(=O)(=O)N1CCC(NC(=O)c2c(C)oc(C)c2Br)CC1. The van der Waals surface area contributed by atoms with Crippen LogP contribution in [-0.2, 0) is 10.0 Å². The second kappa shape index (κ2) is 7.36. The molecule has 2 rings (SSSR count). The van der Waals surface area contributed by atoms with Crippen LogP contribution in [0.2, 0.25) is 0 Å². The lowest BCUT2D eigenvalue weighted by atomic mass is 10.1. The van der Waals surface area contributed by atoms with Crippen molar-refractivity contribution in [1.82, 2.24) is 9.62 Å². The van der Waals surface area contributed by atoms with Crippen molar-refractivity contribution in [3.8, 4) is 0 Å². The maximum absolute atomic E-state index is 12.4. The van der Waals surface area contributed by atoms with Crippen molar-refractivity contribution in [1.29, 1.82) is 0 Å². The lowest BCUT2D eigenvalue weighted by Crippen LogP contribution is -2.47. The van der Waals surface area contributed by atoms with E-state index in [0.717, 1.165) is 0 Å². The van der Waals surface area contributed by atoms with Gasteiger partial charge in [-0.15, -0.1) is 0 Å². The van der Waals surface area contributed by atoms with Crippen LogP contribution in [0.5, 0.6) is 0 Å². The van der Waals surface area contributed by atoms with Gasteiger partial charge in [0.05, 0.1) is 15.8 Å². The van der Waals surface area contributed by atoms with E-state index in [4.69, 9.17) is 4.42 Å². The Morgan fingerprint density at radius 3 is 2.39 bits per heavy atom. The fourth-order valence-electron chi connectivity index (χ4n) is 2.84. The van der Waals surface area contributed by atoms with Crippen molar-refractivity contribution in [2.24, 2.45) is 0 Å². The first-order valence-corrected chi connectivity index (χ1v) is 10.2. The first kappa shape index (κ1) is 18.5. The number of carbonyl (C=O) groups is 1. The molecule has 1 aliphatic rings. The van der Waals surface area contributed by atoms with Gasteiger partial charge in [-0.3, -0.25) is 4.79 Å². The van der Waals surface area contributed by atoms with Gasteiger partial charge in [0.25, 0.3) is 5.91 Å². The molecule has 130 valence electrons. The van der Waals surface area contributed by atoms with Crippen LogP contribution in [0.4, 0.5) is 0 Å². The smallest absolute Gasteiger partial charge is 0.256 e. The van der Waals surface area contributed by atoms with Crippen molar-refractivity contribution in [2.45, 2.75) is 46.1 Å². The van der Waals surface area contributed by atoms with Crippen molar-refractivity contribution in [3.63, 3.8) is 0 Å². The molecular weight excluding hydrogens is 384 g/mol. The van der Waals surface area contributed by atoms with E-state index in [1.807, 2.05) is 6.92 Å². The van der Waals surface area contributed by atoms with E-state index in [-0.39, 0.29) is 17.7 Å². The molecule has 0 spiro atoms. The summed E-state index contributed by atoms with van der Waals surface area (Å²) in [5.41, 5.74) is 0.517. The number of halogens is 1. The van der Waals surface area contributed by atoms with Crippen LogP contribution in [0.3, 0.4) is 0 Å². The van der Waals surface area contributed by atoms with Crippen LogP contribution in [-0.4, -0.2) is 43.5 Å². The molecular formula is C15H23BrN2O4S. The van der Waals surface area contributed by atoms with Crippen molar-refractivity contribution >= 4 is 31.9 Å². The van der Waals surface area contributed by atoms with Gasteiger partial charge in [0.15, 0.2) is 0 Å². The average Bonchev–Trinajstić information content (AvgIpc) is 2.72. The summed E-state index contributed by atoms with van der Waals surface area (Å²) in [7, 11) is -3.15. The van der Waals surface area contributed by atoms with E-state index in [9.17, 15) is 13.2 Å². The summed E-state index contributed by atoms with van der Waals surface area (Å²) in [6.45, 7) is 6.32. The third-order valence-corrected chi connectivity index (χ3v) is 7.09. The van der Waals surface area contributed by atoms with Crippen molar-refractivity contribution < 1.29 is 17.6 Å². The molecule has 1 aliphatic heterocycles. The molecule has 1 saturated heterocycles. The van der Waals surface area contributed by atoms with Gasteiger partial charge in [-0.2, -0.15) is 0 Å². The summed E-state index contributed by atoms with van der Waals surface area (Å²) in [6, 6.07) is -0.0166. The Labute approximate surface area is 145 Å². The molecule has 0 aromatic carbocycles. The fraction of sp³-hybridized carbons (Fsp3) is 0.667. The number of nitrogens with zero attached hydrogens (tertiary/aromatic N) is 1. The van der Waals surface area contributed by atoms with Crippen molar-refractivity contribution in [3.05, 3.63) is 21.6 Å². The van der Waals surface area contributed by atoms with E-state index in [2.05, 4.69) is 21.2 Å². The van der Waals surface area contributed by atoms with Gasteiger partial charge in [0.2, 0.25) is 10.0 Å². The maximum Gasteiger partial charge on any atom is 0.256 e. The van der Waals surface area contributed by atoms with Crippen LogP contribution in [0.25, 0.3) is 0 Å². The Morgan fingerprint density at radius 1 is 1.30 bits per heavy atom. The van der Waals surface area contributed by atoms with Crippen LogP contribution < -0.4 is 5.32 Å². The lowest BCUT2D eigenvalue weighted by molar-refractivity contribution is 0.0921. The zero-order valence-electron chi connectivity index (χ0n) is 13.7.